The van der Waals surface area contributed by atoms with E-state index >= 15 is 0 Å². The summed E-state index contributed by atoms with van der Waals surface area (Å²) in [4.78, 5) is 0. The van der Waals surface area contributed by atoms with Crippen molar-refractivity contribution < 1.29 is 4.74 Å². The Bertz CT molecular complexity index is 948. The Labute approximate surface area is 187 Å². The van der Waals surface area contributed by atoms with E-state index < -0.39 is 7.26 Å². The van der Waals surface area contributed by atoms with Crippen molar-refractivity contribution in [1.29, 1.82) is 0 Å². The molecule has 31 heavy (non-hydrogen) atoms. The number of hydrogen-bond donors (Lipinski definition) is 0. The second-order valence-corrected chi connectivity index (χ2v) is 11.9. The van der Waals surface area contributed by atoms with Gasteiger partial charge in [0, 0.05) is 0 Å². The quantitative estimate of drug-likeness (QED) is 0.232. The van der Waals surface area contributed by atoms with Crippen LogP contribution < -0.4 is 20.7 Å². The summed E-state index contributed by atoms with van der Waals surface area (Å²) < 4.78 is 5.90. The molecule has 0 fully saturated rings. The Hall–Kier alpha value is -2.89. The van der Waals surface area contributed by atoms with Crippen LogP contribution in [0.5, 0.6) is 5.75 Å². The second kappa shape index (κ2) is 10.4. The average molecular weight is 427 g/mol. The topological polar surface area (TPSA) is 9.23 Å². The number of benzene rings is 4. The minimum atomic E-state index is -2.25. The molecule has 0 saturated carbocycles. The van der Waals surface area contributed by atoms with Gasteiger partial charge in [0.2, 0.25) is 0 Å². The maximum absolute atomic E-state index is 5.90. The van der Waals surface area contributed by atoms with Gasteiger partial charge in [-0.3, -0.25) is 0 Å². The Balaban J connectivity index is 1.79. The average Bonchev–Trinajstić information content (AvgIpc) is 2.85. The molecular weight excluding hydrogens is 395 g/mol. The van der Waals surface area contributed by atoms with Crippen LogP contribution in [-0.2, 0) is 6.16 Å². The third kappa shape index (κ3) is 4.89. The van der Waals surface area contributed by atoms with Gasteiger partial charge in [-0.25, -0.2) is 0 Å². The van der Waals surface area contributed by atoms with Crippen LogP contribution in [0.3, 0.4) is 0 Å². The molecule has 0 spiro atoms. The predicted molar refractivity (Wildman–Crippen MR) is 137 cm³/mol. The molecule has 4 aromatic carbocycles. The maximum atomic E-state index is 5.90. The standard InChI is InChI=1S/C29H31OP/c1-2-3-23-30-26-21-19-25(20-22-26)24-31(27-13-7-4-8-14-27,28-15-9-5-10-16-28)29-17-11-6-12-18-29/h4-22,31H,2-3,23-24H2,1H3. The fraction of sp³-hybridized carbons (Fsp3) is 0.172. The number of unbranched alkanes of at least 4 members (excludes halogenated alkanes) is 1. The zero-order valence-electron chi connectivity index (χ0n) is 18.2. The van der Waals surface area contributed by atoms with Crippen molar-refractivity contribution in [3.05, 3.63) is 121 Å². The van der Waals surface area contributed by atoms with Gasteiger partial charge in [0.15, 0.2) is 0 Å². The molecule has 0 atom stereocenters. The third-order valence-electron chi connectivity index (χ3n) is 5.96. The van der Waals surface area contributed by atoms with Gasteiger partial charge in [-0.1, -0.05) is 0 Å². The van der Waals surface area contributed by atoms with Crippen molar-refractivity contribution >= 4 is 23.2 Å². The summed E-state index contributed by atoms with van der Waals surface area (Å²) in [5.41, 5.74) is 1.35. The van der Waals surface area contributed by atoms with Crippen molar-refractivity contribution in [2.45, 2.75) is 25.9 Å². The first-order chi connectivity index (χ1) is 15.3. The van der Waals surface area contributed by atoms with Crippen molar-refractivity contribution in [2.24, 2.45) is 0 Å². The normalized spacial score (nSPS) is 11.8. The van der Waals surface area contributed by atoms with Gasteiger partial charge in [-0.2, -0.15) is 0 Å². The fourth-order valence-electron chi connectivity index (χ4n) is 4.32. The van der Waals surface area contributed by atoms with E-state index in [0.29, 0.717) is 0 Å². The molecule has 4 rings (SSSR count). The van der Waals surface area contributed by atoms with Crippen molar-refractivity contribution in [3.8, 4) is 5.75 Å². The summed E-state index contributed by atoms with van der Waals surface area (Å²) in [5, 5.41) is 4.32. The fourth-order valence-corrected chi connectivity index (χ4v) is 9.06. The van der Waals surface area contributed by atoms with Crippen molar-refractivity contribution in [2.75, 3.05) is 6.61 Å². The molecule has 0 aromatic heterocycles. The summed E-state index contributed by atoms with van der Waals surface area (Å²) in [6, 6.07) is 42.0. The Morgan fingerprint density at radius 2 is 1.03 bits per heavy atom. The summed E-state index contributed by atoms with van der Waals surface area (Å²) in [7, 11) is -2.25. The Morgan fingerprint density at radius 3 is 1.45 bits per heavy atom. The van der Waals surface area contributed by atoms with E-state index in [4.69, 9.17) is 4.74 Å². The predicted octanol–water partition coefficient (Wildman–Crippen LogP) is 6.09. The van der Waals surface area contributed by atoms with E-state index in [1.54, 1.807) is 0 Å². The second-order valence-electron chi connectivity index (χ2n) is 8.03. The van der Waals surface area contributed by atoms with Crippen molar-refractivity contribution in [3.63, 3.8) is 0 Å². The molecule has 0 radical (unpaired) electrons. The van der Waals surface area contributed by atoms with Gasteiger partial charge < -0.3 is 0 Å². The van der Waals surface area contributed by atoms with E-state index in [1.807, 2.05) is 0 Å². The molecule has 0 aliphatic carbocycles. The molecule has 0 heterocycles. The molecule has 0 bridgehead atoms. The van der Waals surface area contributed by atoms with Gasteiger partial charge in [0.1, 0.15) is 0 Å². The molecule has 0 aliphatic heterocycles. The van der Waals surface area contributed by atoms with Crippen LogP contribution >= 0.6 is 7.26 Å². The van der Waals surface area contributed by atoms with Crippen molar-refractivity contribution in [1.82, 2.24) is 0 Å². The molecule has 0 N–H and O–H groups in total. The van der Waals surface area contributed by atoms with E-state index in [-0.39, 0.29) is 0 Å². The van der Waals surface area contributed by atoms with Crippen LogP contribution in [0.15, 0.2) is 115 Å². The van der Waals surface area contributed by atoms with E-state index in [0.717, 1.165) is 31.4 Å². The molecule has 158 valence electrons. The zero-order valence-corrected chi connectivity index (χ0v) is 19.2. The van der Waals surface area contributed by atoms with Gasteiger partial charge in [0.25, 0.3) is 0 Å². The summed E-state index contributed by atoms with van der Waals surface area (Å²) in [6.45, 7) is 2.97. The number of ether oxygens (including phenoxy) is 1. The summed E-state index contributed by atoms with van der Waals surface area (Å²) >= 11 is 0. The van der Waals surface area contributed by atoms with Crippen LogP contribution in [0, 0.1) is 0 Å². The SMILES string of the molecule is CCCCOc1ccc(C[PH](c2ccccc2)(c2ccccc2)c2ccccc2)cc1. The van der Waals surface area contributed by atoms with Crippen LogP contribution in [0.1, 0.15) is 25.3 Å². The minimum absolute atomic E-state index is 0.784. The van der Waals surface area contributed by atoms with E-state index in [1.165, 1.54) is 21.5 Å². The third-order valence-corrected chi connectivity index (χ3v) is 10.9. The molecule has 4 aromatic rings. The summed E-state index contributed by atoms with van der Waals surface area (Å²) in [6.07, 6.45) is 3.26. The van der Waals surface area contributed by atoms with Gasteiger partial charge in [-0.05, 0) is 0 Å². The molecule has 0 unspecified atom stereocenters. The Kier molecular flexibility index (Phi) is 7.18. The van der Waals surface area contributed by atoms with Gasteiger partial charge >= 0.3 is 187 Å². The molecule has 0 amide bonds. The van der Waals surface area contributed by atoms with Gasteiger partial charge in [-0.15, -0.1) is 0 Å². The van der Waals surface area contributed by atoms with Crippen LogP contribution in [0.2, 0.25) is 0 Å². The van der Waals surface area contributed by atoms with Crippen LogP contribution in [0.4, 0.5) is 0 Å². The summed E-state index contributed by atoms with van der Waals surface area (Å²) in [5.74, 6) is 0.962. The van der Waals surface area contributed by atoms with E-state index in [9.17, 15) is 0 Å². The van der Waals surface area contributed by atoms with Gasteiger partial charge in [0.05, 0.1) is 0 Å². The number of hydrogen-bond acceptors (Lipinski definition) is 1. The monoisotopic (exact) mass is 426 g/mol. The van der Waals surface area contributed by atoms with Crippen LogP contribution in [-0.4, -0.2) is 6.61 Å². The number of rotatable bonds is 9. The molecule has 0 saturated heterocycles. The first kappa shape index (κ1) is 21.3. The Morgan fingerprint density at radius 1 is 0.581 bits per heavy atom. The first-order valence-electron chi connectivity index (χ1n) is 11.2. The van der Waals surface area contributed by atoms with E-state index in [2.05, 4.69) is 122 Å². The molecule has 1 nitrogen and oxygen atoms in total. The van der Waals surface area contributed by atoms with Crippen LogP contribution in [0.25, 0.3) is 0 Å². The molecule has 0 aliphatic rings. The molecule has 2 heteroatoms. The molecular formula is C29H31OP. The first-order valence-corrected chi connectivity index (χ1v) is 13.4. The zero-order chi connectivity index (χ0) is 21.4.